The van der Waals surface area contributed by atoms with Gasteiger partial charge in [0.25, 0.3) is 5.91 Å². The van der Waals surface area contributed by atoms with Crippen LogP contribution in [0.3, 0.4) is 0 Å². The highest BCUT2D eigenvalue weighted by atomic mass is 79.9. The standard InChI is InChI=1S/C22H18BrF3N6O/c1-12-2-4-13(5-3-12)10-31-11-15(23)20(30-31)28-21(33)17-9-19-27-16(14-6-7-14)8-18(22(24,25)26)32(19)29-17/h2-5,8-9,11,14H,6-7,10H2,1H3,(H,28,30,33). The van der Waals surface area contributed by atoms with Crippen LogP contribution in [0, 0.1) is 6.92 Å². The molecule has 170 valence electrons. The summed E-state index contributed by atoms with van der Waals surface area (Å²) in [5.41, 5.74) is 1.41. The zero-order valence-electron chi connectivity index (χ0n) is 17.4. The first-order valence-corrected chi connectivity index (χ1v) is 11.0. The van der Waals surface area contributed by atoms with Crippen molar-refractivity contribution in [1.82, 2.24) is 24.4 Å². The zero-order chi connectivity index (χ0) is 23.3. The Bertz CT molecular complexity index is 1360. The Hall–Kier alpha value is -3.21. The van der Waals surface area contributed by atoms with Crippen molar-refractivity contribution >= 4 is 33.3 Å². The number of carbonyl (C=O) groups is 1. The predicted molar refractivity (Wildman–Crippen MR) is 118 cm³/mol. The molecule has 5 rings (SSSR count). The predicted octanol–water partition coefficient (Wildman–Crippen LogP) is 5.19. The molecule has 0 atom stereocenters. The monoisotopic (exact) mass is 518 g/mol. The van der Waals surface area contributed by atoms with Crippen LogP contribution in [0.5, 0.6) is 0 Å². The fourth-order valence-corrected chi connectivity index (χ4v) is 3.92. The second-order valence-electron chi connectivity index (χ2n) is 8.10. The van der Waals surface area contributed by atoms with E-state index in [0.717, 1.165) is 30.0 Å². The quantitative estimate of drug-likeness (QED) is 0.394. The van der Waals surface area contributed by atoms with Gasteiger partial charge in [-0.3, -0.25) is 9.48 Å². The second kappa shape index (κ2) is 7.98. The van der Waals surface area contributed by atoms with Gasteiger partial charge >= 0.3 is 6.18 Å². The summed E-state index contributed by atoms with van der Waals surface area (Å²) in [6, 6.07) is 10.2. The summed E-state index contributed by atoms with van der Waals surface area (Å²) in [5, 5.41) is 10.8. The Balaban J connectivity index is 1.40. The van der Waals surface area contributed by atoms with Crippen molar-refractivity contribution < 1.29 is 18.0 Å². The Morgan fingerprint density at radius 2 is 1.91 bits per heavy atom. The molecule has 3 aromatic heterocycles. The molecule has 1 aliphatic rings. The number of aryl methyl sites for hydroxylation is 1. The first-order chi connectivity index (χ1) is 15.7. The molecule has 1 amide bonds. The van der Waals surface area contributed by atoms with Crippen LogP contribution in [0.15, 0.2) is 47.1 Å². The third-order valence-corrected chi connectivity index (χ3v) is 5.96. The third-order valence-electron chi connectivity index (χ3n) is 5.38. The number of carbonyl (C=O) groups excluding carboxylic acids is 1. The molecule has 33 heavy (non-hydrogen) atoms. The van der Waals surface area contributed by atoms with E-state index in [0.29, 0.717) is 21.2 Å². The zero-order valence-corrected chi connectivity index (χ0v) is 19.0. The van der Waals surface area contributed by atoms with Crippen LogP contribution in [0.25, 0.3) is 5.65 Å². The number of aromatic nitrogens is 5. The maximum Gasteiger partial charge on any atom is 0.433 e. The molecule has 1 N–H and O–H groups in total. The Morgan fingerprint density at radius 3 is 2.58 bits per heavy atom. The van der Waals surface area contributed by atoms with Crippen LogP contribution in [0.1, 0.15) is 51.8 Å². The van der Waals surface area contributed by atoms with Gasteiger partial charge in [-0.15, -0.1) is 0 Å². The summed E-state index contributed by atoms with van der Waals surface area (Å²) in [6.45, 7) is 2.49. The van der Waals surface area contributed by atoms with E-state index in [1.165, 1.54) is 6.07 Å². The minimum atomic E-state index is -4.62. The molecule has 0 radical (unpaired) electrons. The molecule has 0 saturated heterocycles. The van der Waals surface area contributed by atoms with Crippen molar-refractivity contribution in [2.24, 2.45) is 0 Å². The number of halogens is 4. The van der Waals surface area contributed by atoms with E-state index in [-0.39, 0.29) is 23.1 Å². The smallest absolute Gasteiger partial charge is 0.303 e. The minimum Gasteiger partial charge on any atom is -0.303 e. The lowest BCUT2D eigenvalue weighted by Crippen LogP contribution is -2.16. The van der Waals surface area contributed by atoms with Gasteiger partial charge in [0.15, 0.2) is 17.2 Å². The molecule has 3 heterocycles. The molecule has 7 nitrogen and oxygen atoms in total. The average Bonchev–Trinajstić information content (AvgIpc) is 3.42. The van der Waals surface area contributed by atoms with Gasteiger partial charge in [0.1, 0.15) is 5.69 Å². The van der Waals surface area contributed by atoms with Crippen molar-refractivity contribution in [3.8, 4) is 0 Å². The number of hydrogen-bond donors (Lipinski definition) is 1. The summed E-state index contributed by atoms with van der Waals surface area (Å²) >= 11 is 3.36. The van der Waals surface area contributed by atoms with E-state index in [4.69, 9.17) is 0 Å². The fraction of sp³-hybridized carbons (Fsp3) is 0.273. The molecular formula is C22H18BrF3N6O. The number of nitrogens with zero attached hydrogens (tertiary/aromatic N) is 5. The average molecular weight is 519 g/mol. The normalized spacial score (nSPS) is 14.1. The summed E-state index contributed by atoms with van der Waals surface area (Å²) in [4.78, 5) is 17.1. The molecule has 11 heteroatoms. The van der Waals surface area contributed by atoms with Gasteiger partial charge in [-0.2, -0.15) is 23.4 Å². The van der Waals surface area contributed by atoms with Gasteiger partial charge in [-0.1, -0.05) is 29.8 Å². The molecule has 1 fully saturated rings. The van der Waals surface area contributed by atoms with E-state index in [2.05, 4.69) is 36.4 Å². The third kappa shape index (κ3) is 4.50. The molecule has 1 saturated carbocycles. The highest BCUT2D eigenvalue weighted by Gasteiger charge is 2.37. The molecule has 1 aliphatic carbocycles. The molecule has 1 aromatic carbocycles. The first-order valence-electron chi connectivity index (χ1n) is 10.2. The van der Waals surface area contributed by atoms with Gasteiger partial charge in [0.05, 0.1) is 11.0 Å². The van der Waals surface area contributed by atoms with Crippen LogP contribution in [-0.4, -0.2) is 30.3 Å². The fourth-order valence-electron chi connectivity index (χ4n) is 3.51. The number of alkyl halides is 3. The largest absolute Gasteiger partial charge is 0.433 e. The molecule has 0 aliphatic heterocycles. The van der Waals surface area contributed by atoms with Crippen molar-refractivity contribution in [3.63, 3.8) is 0 Å². The van der Waals surface area contributed by atoms with Gasteiger partial charge in [-0.05, 0) is 47.3 Å². The number of rotatable bonds is 5. The van der Waals surface area contributed by atoms with E-state index in [1.54, 1.807) is 10.9 Å². The SMILES string of the molecule is Cc1ccc(Cn2cc(Br)c(NC(=O)c3cc4nc(C5CC5)cc(C(F)(F)F)n4n3)n2)cc1. The van der Waals surface area contributed by atoms with Crippen LogP contribution in [0.4, 0.5) is 19.0 Å². The summed E-state index contributed by atoms with van der Waals surface area (Å²) < 4.78 is 43.6. The molecular weight excluding hydrogens is 501 g/mol. The highest BCUT2D eigenvalue weighted by Crippen LogP contribution is 2.41. The van der Waals surface area contributed by atoms with Crippen molar-refractivity contribution in [1.29, 1.82) is 0 Å². The maximum absolute atomic E-state index is 13.6. The highest BCUT2D eigenvalue weighted by molar-refractivity contribution is 9.10. The van der Waals surface area contributed by atoms with E-state index in [1.807, 2.05) is 31.2 Å². The van der Waals surface area contributed by atoms with E-state index >= 15 is 0 Å². The van der Waals surface area contributed by atoms with Crippen molar-refractivity contribution in [3.05, 3.63) is 75.3 Å². The van der Waals surface area contributed by atoms with Gasteiger partial charge < -0.3 is 5.32 Å². The summed E-state index contributed by atoms with van der Waals surface area (Å²) in [7, 11) is 0. The van der Waals surface area contributed by atoms with E-state index in [9.17, 15) is 18.0 Å². The van der Waals surface area contributed by atoms with Crippen LogP contribution in [0.2, 0.25) is 0 Å². The van der Waals surface area contributed by atoms with Gasteiger partial charge in [-0.25, -0.2) is 9.50 Å². The van der Waals surface area contributed by atoms with Gasteiger partial charge in [0.2, 0.25) is 0 Å². The minimum absolute atomic E-state index is 0.0131. The van der Waals surface area contributed by atoms with Crippen molar-refractivity contribution in [2.75, 3.05) is 5.32 Å². The Labute approximate surface area is 194 Å². The first kappa shape index (κ1) is 21.6. The molecule has 4 aromatic rings. The molecule has 0 unspecified atom stereocenters. The lowest BCUT2D eigenvalue weighted by atomic mass is 10.1. The maximum atomic E-state index is 13.6. The molecule has 0 spiro atoms. The topological polar surface area (TPSA) is 77.1 Å². The second-order valence-corrected chi connectivity index (χ2v) is 8.96. The van der Waals surface area contributed by atoms with Crippen LogP contribution in [-0.2, 0) is 12.7 Å². The lowest BCUT2D eigenvalue weighted by Gasteiger charge is -2.10. The summed E-state index contributed by atoms with van der Waals surface area (Å²) in [5.74, 6) is -0.411. The van der Waals surface area contributed by atoms with Crippen LogP contribution < -0.4 is 5.32 Å². The number of fused-ring (bicyclic) bond motifs is 1. The van der Waals surface area contributed by atoms with Gasteiger partial charge in [0, 0.05) is 23.9 Å². The number of benzene rings is 1. The van der Waals surface area contributed by atoms with E-state index < -0.39 is 17.8 Å². The number of hydrogen-bond acceptors (Lipinski definition) is 4. The number of amides is 1. The molecule has 0 bridgehead atoms. The number of nitrogens with one attached hydrogen (secondary N) is 1. The van der Waals surface area contributed by atoms with Crippen LogP contribution >= 0.6 is 15.9 Å². The van der Waals surface area contributed by atoms with Crippen molar-refractivity contribution in [2.45, 2.75) is 38.4 Å². The number of anilines is 1. The Morgan fingerprint density at radius 1 is 1.18 bits per heavy atom. The Kier molecular flexibility index (Phi) is 5.23. The lowest BCUT2D eigenvalue weighted by molar-refractivity contribution is -0.142. The summed E-state index contributed by atoms with van der Waals surface area (Å²) in [6.07, 6.45) is -1.30.